The molecule has 0 bridgehead atoms. The molecular formula is C13H14N4O. The van der Waals surface area contributed by atoms with Crippen LogP contribution in [0.4, 0.5) is 0 Å². The summed E-state index contributed by atoms with van der Waals surface area (Å²) < 4.78 is 1.62. The van der Waals surface area contributed by atoms with Gasteiger partial charge in [-0.05, 0) is 32.0 Å². The minimum atomic E-state index is -0.0274. The molecule has 5 nitrogen and oxygen atoms in total. The second-order valence-electron chi connectivity index (χ2n) is 4.32. The van der Waals surface area contributed by atoms with Crippen LogP contribution in [0.3, 0.4) is 0 Å². The van der Waals surface area contributed by atoms with Gasteiger partial charge >= 0.3 is 0 Å². The van der Waals surface area contributed by atoms with Gasteiger partial charge in [-0.3, -0.25) is 4.79 Å². The SMILES string of the molecule is Cc1nc2[nH]c3ccccc3n2c(=O)c1CCN. The highest BCUT2D eigenvalue weighted by molar-refractivity contribution is 5.79. The zero-order valence-electron chi connectivity index (χ0n) is 10.1. The highest BCUT2D eigenvalue weighted by atomic mass is 16.1. The monoisotopic (exact) mass is 242 g/mol. The number of aromatic nitrogens is 3. The minimum Gasteiger partial charge on any atom is -0.330 e. The van der Waals surface area contributed by atoms with Crippen LogP contribution >= 0.6 is 0 Å². The van der Waals surface area contributed by atoms with E-state index in [0.29, 0.717) is 24.3 Å². The maximum absolute atomic E-state index is 12.5. The molecule has 3 N–H and O–H groups in total. The Morgan fingerprint density at radius 3 is 2.94 bits per heavy atom. The molecule has 2 aromatic heterocycles. The van der Waals surface area contributed by atoms with E-state index >= 15 is 0 Å². The standard InChI is InChI=1S/C13H14N4O/c1-8-9(6-7-14)12(18)17-11-5-3-2-4-10(11)16-13(17)15-8/h2-5H,6-7,14H2,1H3,(H,15,16). The summed E-state index contributed by atoms with van der Waals surface area (Å²) in [6, 6.07) is 7.67. The lowest BCUT2D eigenvalue weighted by Crippen LogP contribution is -2.23. The van der Waals surface area contributed by atoms with E-state index in [9.17, 15) is 4.79 Å². The molecule has 0 aliphatic carbocycles. The Hall–Kier alpha value is -2.14. The van der Waals surface area contributed by atoms with Gasteiger partial charge in [-0.2, -0.15) is 0 Å². The molecule has 0 fully saturated rings. The topological polar surface area (TPSA) is 76.2 Å². The molecule has 5 heteroatoms. The van der Waals surface area contributed by atoms with E-state index in [4.69, 9.17) is 5.73 Å². The van der Waals surface area contributed by atoms with Crippen LogP contribution in [0.5, 0.6) is 0 Å². The third-order valence-corrected chi connectivity index (χ3v) is 3.17. The number of H-pyrrole nitrogens is 1. The highest BCUT2D eigenvalue weighted by Crippen LogP contribution is 2.14. The number of fused-ring (bicyclic) bond motifs is 3. The normalized spacial score (nSPS) is 11.4. The van der Waals surface area contributed by atoms with Crippen molar-refractivity contribution < 1.29 is 0 Å². The number of para-hydroxylation sites is 2. The molecule has 0 aliphatic rings. The predicted octanol–water partition coefficient (Wildman–Crippen LogP) is 0.985. The Balaban J connectivity index is 2.49. The number of imidazole rings is 1. The van der Waals surface area contributed by atoms with Gasteiger partial charge in [0.15, 0.2) is 0 Å². The number of hydrogen-bond acceptors (Lipinski definition) is 3. The number of nitrogens with zero attached hydrogens (tertiary/aromatic N) is 2. The van der Waals surface area contributed by atoms with Crippen LogP contribution < -0.4 is 11.3 Å². The number of hydrogen-bond donors (Lipinski definition) is 2. The summed E-state index contributed by atoms with van der Waals surface area (Å²) >= 11 is 0. The first-order valence-corrected chi connectivity index (χ1v) is 5.91. The number of nitrogens with two attached hydrogens (primary N) is 1. The largest absolute Gasteiger partial charge is 0.330 e. The summed E-state index contributed by atoms with van der Waals surface area (Å²) in [4.78, 5) is 20.1. The van der Waals surface area contributed by atoms with Gasteiger partial charge in [-0.1, -0.05) is 12.1 Å². The number of rotatable bonds is 2. The molecule has 18 heavy (non-hydrogen) atoms. The van der Waals surface area contributed by atoms with Crippen LogP contribution in [0.25, 0.3) is 16.8 Å². The molecule has 0 saturated carbocycles. The second-order valence-corrected chi connectivity index (χ2v) is 4.32. The van der Waals surface area contributed by atoms with Crippen molar-refractivity contribution >= 4 is 16.8 Å². The van der Waals surface area contributed by atoms with Gasteiger partial charge in [0.1, 0.15) is 0 Å². The smallest absolute Gasteiger partial charge is 0.263 e. The van der Waals surface area contributed by atoms with E-state index in [-0.39, 0.29) is 5.56 Å². The first-order valence-electron chi connectivity index (χ1n) is 5.91. The fraction of sp³-hybridized carbons (Fsp3) is 0.231. The Labute approximate surface area is 103 Å². The first-order chi connectivity index (χ1) is 8.72. The van der Waals surface area contributed by atoms with Crippen LogP contribution in [0.2, 0.25) is 0 Å². The summed E-state index contributed by atoms with van der Waals surface area (Å²) in [7, 11) is 0. The highest BCUT2D eigenvalue weighted by Gasteiger charge is 2.12. The second kappa shape index (κ2) is 3.96. The maximum atomic E-state index is 12.5. The molecular weight excluding hydrogens is 228 g/mol. The molecule has 0 saturated heterocycles. The molecule has 0 aliphatic heterocycles. The molecule has 3 rings (SSSR count). The molecule has 1 aromatic carbocycles. The fourth-order valence-corrected chi connectivity index (χ4v) is 2.30. The molecule has 3 aromatic rings. The molecule has 0 atom stereocenters. The van der Waals surface area contributed by atoms with Crippen molar-refractivity contribution in [2.24, 2.45) is 5.73 Å². The molecule has 0 spiro atoms. The maximum Gasteiger partial charge on any atom is 0.263 e. The molecule has 0 unspecified atom stereocenters. The average Bonchev–Trinajstić information content (AvgIpc) is 2.72. The van der Waals surface area contributed by atoms with Crippen molar-refractivity contribution in [3.63, 3.8) is 0 Å². The number of aromatic amines is 1. The van der Waals surface area contributed by atoms with E-state index in [1.165, 1.54) is 0 Å². The molecule has 2 heterocycles. The van der Waals surface area contributed by atoms with E-state index in [2.05, 4.69) is 9.97 Å². The fourth-order valence-electron chi connectivity index (χ4n) is 2.30. The van der Waals surface area contributed by atoms with Crippen LogP contribution in [0.15, 0.2) is 29.1 Å². The van der Waals surface area contributed by atoms with Crippen molar-refractivity contribution in [2.45, 2.75) is 13.3 Å². The lowest BCUT2D eigenvalue weighted by Gasteiger charge is -2.03. The summed E-state index contributed by atoms with van der Waals surface area (Å²) in [6.07, 6.45) is 0.556. The van der Waals surface area contributed by atoms with Crippen molar-refractivity contribution in [1.82, 2.24) is 14.4 Å². The third kappa shape index (κ3) is 1.44. The Morgan fingerprint density at radius 1 is 1.39 bits per heavy atom. The average molecular weight is 242 g/mol. The Morgan fingerprint density at radius 2 is 2.17 bits per heavy atom. The number of aryl methyl sites for hydroxylation is 1. The minimum absolute atomic E-state index is 0.0274. The van der Waals surface area contributed by atoms with Crippen LogP contribution in [-0.2, 0) is 6.42 Å². The van der Waals surface area contributed by atoms with E-state index in [1.807, 2.05) is 31.2 Å². The first kappa shape index (κ1) is 11.0. The van der Waals surface area contributed by atoms with Gasteiger partial charge in [0, 0.05) is 5.56 Å². The van der Waals surface area contributed by atoms with Gasteiger partial charge in [-0.25, -0.2) is 9.38 Å². The third-order valence-electron chi connectivity index (χ3n) is 3.17. The van der Waals surface area contributed by atoms with Gasteiger partial charge in [0.2, 0.25) is 5.78 Å². The Bertz CT molecular complexity index is 785. The summed E-state index contributed by atoms with van der Waals surface area (Å²) in [5.41, 5.74) is 8.72. The Kier molecular flexibility index (Phi) is 2.41. The predicted molar refractivity (Wildman–Crippen MR) is 70.8 cm³/mol. The van der Waals surface area contributed by atoms with Crippen molar-refractivity contribution in [2.75, 3.05) is 6.54 Å². The zero-order valence-corrected chi connectivity index (χ0v) is 10.1. The van der Waals surface area contributed by atoms with Crippen molar-refractivity contribution in [1.29, 1.82) is 0 Å². The van der Waals surface area contributed by atoms with Crippen LogP contribution in [-0.4, -0.2) is 20.9 Å². The van der Waals surface area contributed by atoms with Gasteiger partial charge in [0.05, 0.1) is 16.7 Å². The van der Waals surface area contributed by atoms with Crippen molar-refractivity contribution in [3.8, 4) is 0 Å². The van der Waals surface area contributed by atoms with Gasteiger partial charge in [-0.15, -0.1) is 0 Å². The quantitative estimate of drug-likeness (QED) is 0.703. The molecule has 92 valence electrons. The number of nitrogens with one attached hydrogen (secondary N) is 1. The van der Waals surface area contributed by atoms with Gasteiger partial charge < -0.3 is 10.7 Å². The van der Waals surface area contributed by atoms with Crippen molar-refractivity contribution in [3.05, 3.63) is 45.9 Å². The summed E-state index contributed by atoms with van der Waals surface area (Å²) in [6.45, 7) is 2.30. The summed E-state index contributed by atoms with van der Waals surface area (Å²) in [5.74, 6) is 0.583. The van der Waals surface area contributed by atoms with Gasteiger partial charge in [0.25, 0.3) is 5.56 Å². The lowest BCUT2D eigenvalue weighted by molar-refractivity contribution is 0.893. The summed E-state index contributed by atoms with van der Waals surface area (Å²) in [5, 5.41) is 0. The van der Waals surface area contributed by atoms with Crippen LogP contribution in [0.1, 0.15) is 11.3 Å². The van der Waals surface area contributed by atoms with E-state index < -0.39 is 0 Å². The van der Waals surface area contributed by atoms with Crippen LogP contribution in [0, 0.1) is 6.92 Å². The molecule has 0 amide bonds. The number of benzene rings is 1. The lowest BCUT2D eigenvalue weighted by atomic mass is 10.2. The van der Waals surface area contributed by atoms with E-state index in [1.54, 1.807) is 4.40 Å². The van der Waals surface area contributed by atoms with E-state index in [0.717, 1.165) is 16.7 Å². The molecule has 0 radical (unpaired) electrons. The zero-order chi connectivity index (χ0) is 12.7.